The molecule has 1 amide bonds. The van der Waals surface area contributed by atoms with Crippen molar-refractivity contribution in [3.63, 3.8) is 0 Å². The Morgan fingerprint density at radius 2 is 1.79 bits per heavy atom. The van der Waals surface area contributed by atoms with Gasteiger partial charge in [-0.15, -0.1) is 0 Å². The average Bonchev–Trinajstić information content (AvgIpc) is 3.30. The molecule has 0 aromatic heterocycles. The van der Waals surface area contributed by atoms with E-state index in [-0.39, 0.29) is 25.5 Å². The normalized spacial score (nSPS) is 16.2. The smallest absolute Gasteiger partial charge is 0.410 e. The molecule has 8 heteroatoms. The highest BCUT2D eigenvalue weighted by atomic mass is 16.7. The Labute approximate surface area is 190 Å². The second-order valence-corrected chi connectivity index (χ2v) is 7.99. The second kappa shape index (κ2) is 8.82. The van der Waals surface area contributed by atoms with Crippen LogP contribution in [-0.2, 0) is 24.2 Å². The molecule has 0 N–H and O–H groups in total. The van der Waals surface area contributed by atoms with E-state index in [1.165, 1.54) is 6.07 Å². The van der Waals surface area contributed by atoms with Gasteiger partial charge in [-0.1, -0.05) is 48.5 Å². The summed E-state index contributed by atoms with van der Waals surface area (Å²) in [5.41, 5.74) is 3.40. The lowest BCUT2D eigenvalue weighted by Crippen LogP contribution is -2.41. The van der Waals surface area contributed by atoms with Gasteiger partial charge in [0, 0.05) is 24.6 Å². The summed E-state index contributed by atoms with van der Waals surface area (Å²) >= 11 is 0. The van der Waals surface area contributed by atoms with Crippen LogP contribution >= 0.6 is 0 Å². The van der Waals surface area contributed by atoms with E-state index in [4.69, 9.17) is 14.2 Å². The van der Waals surface area contributed by atoms with Crippen LogP contribution in [-0.4, -0.2) is 29.3 Å². The van der Waals surface area contributed by atoms with Gasteiger partial charge in [0.2, 0.25) is 6.79 Å². The molecule has 0 radical (unpaired) electrons. The Balaban J connectivity index is 1.47. The van der Waals surface area contributed by atoms with Crippen LogP contribution in [0.25, 0.3) is 0 Å². The summed E-state index contributed by atoms with van der Waals surface area (Å²) in [7, 11) is 0. The summed E-state index contributed by atoms with van der Waals surface area (Å²) in [5.74, 6) is 1.29. The minimum absolute atomic E-state index is 0.0305. The van der Waals surface area contributed by atoms with E-state index in [2.05, 4.69) is 0 Å². The molecule has 0 spiro atoms. The number of ether oxygens (including phenoxy) is 3. The number of carbonyl (C=O) groups is 1. The van der Waals surface area contributed by atoms with E-state index < -0.39 is 17.1 Å². The maximum absolute atomic E-state index is 13.1. The molecule has 0 saturated carbocycles. The first kappa shape index (κ1) is 20.8. The van der Waals surface area contributed by atoms with E-state index in [9.17, 15) is 14.9 Å². The van der Waals surface area contributed by atoms with E-state index in [0.717, 1.165) is 16.7 Å². The summed E-state index contributed by atoms with van der Waals surface area (Å²) in [6, 6.07) is 19.5. The molecule has 168 valence electrons. The van der Waals surface area contributed by atoms with Gasteiger partial charge in [0.25, 0.3) is 5.69 Å². The largest absolute Gasteiger partial charge is 0.454 e. The lowest BCUT2D eigenvalue weighted by Gasteiger charge is -2.36. The number of fused-ring (bicyclic) bond motifs is 2. The van der Waals surface area contributed by atoms with Crippen LogP contribution in [0.4, 0.5) is 10.5 Å². The highest BCUT2D eigenvalue weighted by molar-refractivity contribution is 5.70. The zero-order valence-electron chi connectivity index (χ0n) is 17.8. The van der Waals surface area contributed by atoms with Crippen LogP contribution < -0.4 is 9.47 Å². The highest BCUT2D eigenvalue weighted by Crippen LogP contribution is 2.42. The number of nitrogens with zero attached hydrogens (tertiary/aromatic N) is 2. The molecular formula is C25H22N2O6. The quantitative estimate of drug-likeness (QED) is 0.413. The number of hydrogen-bond donors (Lipinski definition) is 0. The highest BCUT2D eigenvalue weighted by Gasteiger charge is 2.35. The van der Waals surface area contributed by atoms with E-state index in [1.807, 2.05) is 42.5 Å². The summed E-state index contributed by atoms with van der Waals surface area (Å²) in [5, 5.41) is 11.6. The van der Waals surface area contributed by atoms with Gasteiger partial charge in [0.15, 0.2) is 11.5 Å². The molecule has 0 saturated heterocycles. The molecule has 2 aliphatic rings. The number of amides is 1. The predicted molar refractivity (Wildman–Crippen MR) is 119 cm³/mol. The van der Waals surface area contributed by atoms with Crippen LogP contribution in [0.1, 0.15) is 28.3 Å². The van der Waals surface area contributed by atoms with Crippen molar-refractivity contribution in [1.82, 2.24) is 4.90 Å². The number of nitro benzene ring substituents is 1. The van der Waals surface area contributed by atoms with Gasteiger partial charge in [-0.25, -0.2) is 4.79 Å². The summed E-state index contributed by atoms with van der Waals surface area (Å²) in [6.07, 6.45) is 0.454. The maximum atomic E-state index is 13.1. The van der Waals surface area contributed by atoms with Gasteiger partial charge >= 0.3 is 6.09 Å². The van der Waals surface area contributed by atoms with Crippen LogP contribution in [0.5, 0.6) is 11.5 Å². The number of hydrogen-bond acceptors (Lipinski definition) is 6. The van der Waals surface area contributed by atoms with Crippen molar-refractivity contribution in [2.75, 3.05) is 13.3 Å². The van der Waals surface area contributed by atoms with Crippen molar-refractivity contribution in [3.8, 4) is 11.5 Å². The molecule has 1 atom stereocenters. The average molecular weight is 446 g/mol. The number of benzene rings is 3. The molecule has 0 bridgehead atoms. The van der Waals surface area contributed by atoms with Crippen molar-refractivity contribution in [3.05, 3.63) is 99.1 Å². The molecule has 0 fully saturated rings. The van der Waals surface area contributed by atoms with Crippen molar-refractivity contribution >= 4 is 11.8 Å². The lowest BCUT2D eigenvalue weighted by atomic mass is 9.88. The van der Waals surface area contributed by atoms with Crippen LogP contribution in [0.3, 0.4) is 0 Å². The standard InChI is InChI=1S/C25H22N2O6/c28-25(31-15-17-6-2-1-3-7-17)26-11-10-18-13-23-24(33-16-32-23)14-20(18)22(26)12-19-8-4-5-9-21(19)27(29)30/h1-9,13-14,22H,10-12,15-16H2/t22-/m1/s1. The van der Waals surface area contributed by atoms with Gasteiger partial charge in [-0.05, 0) is 35.2 Å². The van der Waals surface area contributed by atoms with Crippen LogP contribution in [0.15, 0.2) is 66.7 Å². The fourth-order valence-electron chi connectivity index (χ4n) is 4.40. The Hall–Kier alpha value is -4.07. The maximum Gasteiger partial charge on any atom is 0.410 e. The molecule has 33 heavy (non-hydrogen) atoms. The number of carbonyl (C=O) groups excluding carboxylic acids is 1. The third-order valence-electron chi connectivity index (χ3n) is 6.03. The Morgan fingerprint density at radius 1 is 1.06 bits per heavy atom. The number of rotatable bonds is 5. The van der Waals surface area contributed by atoms with Gasteiger partial charge in [-0.3, -0.25) is 10.1 Å². The molecule has 0 aliphatic carbocycles. The molecule has 3 aromatic carbocycles. The summed E-state index contributed by atoms with van der Waals surface area (Å²) < 4.78 is 16.7. The topological polar surface area (TPSA) is 91.1 Å². The summed E-state index contributed by atoms with van der Waals surface area (Å²) in [6.45, 7) is 0.740. The first-order valence-corrected chi connectivity index (χ1v) is 10.7. The molecule has 2 heterocycles. The number of para-hydroxylation sites is 1. The third kappa shape index (κ3) is 4.19. The fraction of sp³-hybridized carbons (Fsp3) is 0.240. The molecule has 2 aliphatic heterocycles. The number of nitro groups is 1. The molecule has 3 aromatic rings. The minimum atomic E-state index is -0.453. The van der Waals surface area contributed by atoms with Gasteiger partial charge in [0.1, 0.15) is 6.61 Å². The molecule has 0 unspecified atom stereocenters. The summed E-state index contributed by atoms with van der Waals surface area (Å²) in [4.78, 5) is 26.0. The molecule has 8 nitrogen and oxygen atoms in total. The Bertz CT molecular complexity index is 1200. The van der Waals surface area contributed by atoms with E-state index in [1.54, 1.807) is 23.1 Å². The second-order valence-electron chi connectivity index (χ2n) is 7.99. The van der Waals surface area contributed by atoms with Crippen LogP contribution in [0.2, 0.25) is 0 Å². The first-order chi connectivity index (χ1) is 16.1. The first-order valence-electron chi connectivity index (χ1n) is 10.7. The third-order valence-corrected chi connectivity index (χ3v) is 6.03. The SMILES string of the molecule is O=C(OCc1ccccc1)N1CCc2cc3c(cc2[C@H]1Cc1ccccc1[N+](=O)[O-])OCO3. The van der Waals surface area contributed by atoms with Crippen molar-refractivity contribution in [2.45, 2.75) is 25.5 Å². The van der Waals surface area contributed by atoms with Gasteiger partial charge in [0.05, 0.1) is 11.0 Å². The van der Waals surface area contributed by atoms with E-state index >= 15 is 0 Å². The van der Waals surface area contributed by atoms with E-state index in [0.29, 0.717) is 30.0 Å². The van der Waals surface area contributed by atoms with Crippen molar-refractivity contribution < 1.29 is 23.9 Å². The lowest BCUT2D eigenvalue weighted by molar-refractivity contribution is -0.385. The Kier molecular flexibility index (Phi) is 5.56. The monoisotopic (exact) mass is 446 g/mol. The zero-order chi connectivity index (χ0) is 22.8. The Morgan fingerprint density at radius 3 is 2.58 bits per heavy atom. The fourth-order valence-corrected chi connectivity index (χ4v) is 4.40. The van der Waals surface area contributed by atoms with Crippen molar-refractivity contribution in [2.24, 2.45) is 0 Å². The zero-order valence-corrected chi connectivity index (χ0v) is 17.8. The molecular weight excluding hydrogens is 424 g/mol. The predicted octanol–water partition coefficient (Wildman–Crippen LogP) is 4.80. The van der Waals surface area contributed by atoms with Gasteiger partial charge in [-0.2, -0.15) is 0 Å². The minimum Gasteiger partial charge on any atom is -0.454 e. The van der Waals surface area contributed by atoms with Crippen LogP contribution in [0, 0.1) is 10.1 Å². The van der Waals surface area contributed by atoms with Crippen molar-refractivity contribution in [1.29, 1.82) is 0 Å². The van der Waals surface area contributed by atoms with Gasteiger partial charge < -0.3 is 19.1 Å². The molecule has 5 rings (SSSR count).